The van der Waals surface area contributed by atoms with Gasteiger partial charge in [-0.2, -0.15) is 0 Å². The highest BCUT2D eigenvalue weighted by Gasteiger charge is 2.56. The van der Waals surface area contributed by atoms with E-state index in [1.807, 2.05) is 0 Å². The maximum Gasteiger partial charge on any atom is 0.332 e. The van der Waals surface area contributed by atoms with Gasteiger partial charge in [-0.15, -0.1) is 0 Å². The van der Waals surface area contributed by atoms with Gasteiger partial charge in [0.1, 0.15) is 18.3 Å². The SMILES string of the molecule is CC(=O)c1cn([C@@H]2O[C@H](CO)[C@H]3OC(C)(C)O[C@H]32)c(=O)n(C)c1=O. The van der Waals surface area contributed by atoms with E-state index in [0.717, 1.165) is 9.13 Å². The molecule has 4 atom stereocenters. The van der Waals surface area contributed by atoms with Crippen LogP contribution >= 0.6 is 0 Å². The van der Waals surface area contributed by atoms with Crippen LogP contribution in [0.2, 0.25) is 0 Å². The van der Waals surface area contributed by atoms with Crippen LogP contribution in [0.25, 0.3) is 0 Å². The van der Waals surface area contributed by atoms with Crippen LogP contribution in [-0.4, -0.2) is 50.7 Å². The quantitative estimate of drug-likeness (QED) is 0.715. The molecular weight excluding hydrogens is 320 g/mol. The fourth-order valence-electron chi connectivity index (χ4n) is 3.14. The topological polar surface area (TPSA) is 109 Å². The van der Waals surface area contributed by atoms with E-state index < -0.39 is 47.4 Å². The largest absolute Gasteiger partial charge is 0.394 e. The molecule has 132 valence electrons. The molecule has 1 aromatic heterocycles. The van der Waals surface area contributed by atoms with Crippen molar-refractivity contribution in [1.29, 1.82) is 0 Å². The Labute approximate surface area is 137 Å². The van der Waals surface area contributed by atoms with Crippen molar-refractivity contribution < 1.29 is 24.1 Å². The van der Waals surface area contributed by atoms with Crippen LogP contribution in [0.1, 0.15) is 37.4 Å². The molecule has 2 fully saturated rings. The molecule has 0 aromatic carbocycles. The van der Waals surface area contributed by atoms with E-state index in [0.29, 0.717) is 0 Å². The second-order valence-corrected chi connectivity index (χ2v) is 6.47. The Kier molecular flexibility index (Phi) is 3.99. The third-order valence-electron chi connectivity index (χ3n) is 4.27. The normalized spacial score (nSPS) is 31.2. The third-order valence-corrected chi connectivity index (χ3v) is 4.27. The number of rotatable bonds is 3. The van der Waals surface area contributed by atoms with Crippen molar-refractivity contribution in [3.05, 3.63) is 32.6 Å². The number of hydrogen-bond acceptors (Lipinski definition) is 7. The molecule has 1 aromatic rings. The second-order valence-electron chi connectivity index (χ2n) is 6.47. The van der Waals surface area contributed by atoms with Crippen LogP contribution in [0.3, 0.4) is 0 Å². The summed E-state index contributed by atoms with van der Waals surface area (Å²) in [6.45, 7) is 4.39. The number of Topliss-reactive ketones (excluding diaryl/α,β-unsaturated/α-hetero) is 1. The highest BCUT2D eigenvalue weighted by atomic mass is 16.8. The molecule has 0 bridgehead atoms. The number of aliphatic hydroxyl groups is 1. The Morgan fingerprint density at radius 3 is 2.50 bits per heavy atom. The number of carbonyl (C=O) groups is 1. The molecule has 9 nitrogen and oxygen atoms in total. The van der Waals surface area contributed by atoms with Crippen molar-refractivity contribution in [3.63, 3.8) is 0 Å². The maximum absolute atomic E-state index is 12.5. The molecule has 9 heteroatoms. The van der Waals surface area contributed by atoms with E-state index in [2.05, 4.69) is 0 Å². The number of aromatic nitrogens is 2. The predicted molar refractivity (Wildman–Crippen MR) is 80.8 cm³/mol. The summed E-state index contributed by atoms with van der Waals surface area (Å²) in [6, 6.07) is 0. The van der Waals surface area contributed by atoms with Gasteiger partial charge in [-0.25, -0.2) is 4.79 Å². The van der Waals surface area contributed by atoms with E-state index in [-0.39, 0.29) is 12.2 Å². The molecule has 0 radical (unpaired) electrons. The number of ketones is 1. The first-order chi connectivity index (χ1) is 11.2. The zero-order valence-electron chi connectivity index (χ0n) is 13.9. The Hall–Kier alpha value is -1.81. The molecule has 1 N–H and O–H groups in total. The minimum atomic E-state index is -0.911. The summed E-state index contributed by atoms with van der Waals surface area (Å²) in [5, 5.41) is 9.50. The molecule has 3 rings (SSSR count). The van der Waals surface area contributed by atoms with Gasteiger partial charge < -0.3 is 19.3 Å². The number of nitrogens with zero attached hydrogens (tertiary/aromatic N) is 2. The summed E-state index contributed by atoms with van der Waals surface area (Å²) >= 11 is 0. The van der Waals surface area contributed by atoms with E-state index in [1.165, 1.54) is 20.2 Å². The van der Waals surface area contributed by atoms with Crippen LogP contribution in [-0.2, 0) is 21.3 Å². The average Bonchev–Trinajstić information content (AvgIpc) is 2.98. The molecular formula is C15H20N2O7. The van der Waals surface area contributed by atoms with Crippen LogP contribution in [0.5, 0.6) is 0 Å². The van der Waals surface area contributed by atoms with Crippen LogP contribution in [0, 0.1) is 0 Å². The Balaban J connectivity index is 2.11. The maximum atomic E-state index is 12.5. The molecule has 0 saturated carbocycles. The minimum absolute atomic E-state index is 0.122. The van der Waals surface area contributed by atoms with E-state index in [9.17, 15) is 19.5 Å². The van der Waals surface area contributed by atoms with Gasteiger partial charge in [-0.1, -0.05) is 0 Å². The summed E-state index contributed by atoms with van der Waals surface area (Å²) in [5.41, 5.74) is -1.43. The Bertz CT molecular complexity index is 794. The molecule has 0 aliphatic carbocycles. The molecule has 0 amide bonds. The lowest BCUT2D eigenvalue weighted by Gasteiger charge is -2.24. The summed E-state index contributed by atoms with van der Waals surface area (Å²) in [4.78, 5) is 36.2. The van der Waals surface area contributed by atoms with Gasteiger partial charge in [0.15, 0.2) is 17.8 Å². The predicted octanol–water partition coefficient (Wildman–Crippen LogP) is -0.841. The molecule has 0 spiro atoms. The lowest BCUT2D eigenvalue weighted by molar-refractivity contribution is -0.200. The standard InChI is InChI=1S/C15H20N2O7/c1-7(19)8-5-17(14(21)16(4)12(8)20)13-11-10(9(6-18)22-13)23-15(2,3)24-11/h5,9-11,13,18H,6H2,1-4H3/t9-,10-,11-,13-/m1/s1. The summed E-state index contributed by atoms with van der Waals surface area (Å²) in [7, 11) is 1.29. The molecule has 3 heterocycles. The zero-order chi connectivity index (χ0) is 17.8. The molecule has 2 saturated heterocycles. The highest BCUT2D eigenvalue weighted by Crippen LogP contribution is 2.42. The van der Waals surface area contributed by atoms with Crippen molar-refractivity contribution in [3.8, 4) is 0 Å². The Morgan fingerprint density at radius 2 is 1.92 bits per heavy atom. The lowest BCUT2D eigenvalue weighted by Crippen LogP contribution is -2.44. The first kappa shape index (κ1) is 17.0. The van der Waals surface area contributed by atoms with Crippen molar-refractivity contribution in [1.82, 2.24) is 9.13 Å². The Morgan fingerprint density at radius 1 is 1.29 bits per heavy atom. The van der Waals surface area contributed by atoms with Gasteiger partial charge in [-0.3, -0.25) is 18.7 Å². The van der Waals surface area contributed by atoms with Gasteiger partial charge in [0.05, 0.1) is 12.2 Å². The number of aliphatic hydroxyl groups excluding tert-OH is 1. The van der Waals surface area contributed by atoms with Gasteiger partial charge in [0, 0.05) is 13.2 Å². The first-order valence-corrected chi connectivity index (χ1v) is 7.61. The number of hydrogen-bond donors (Lipinski definition) is 1. The first-order valence-electron chi connectivity index (χ1n) is 7.61. The molecule has 24 heavy (non-hydrogen) atoms. The van der Waals surface area contributed by atoms with E-state index in [1.54, 1.807) is 13.8 Å². The smallest absolute Gasteiger partial charge is 0.332 e. The lowest BCUT2D eigenvalue weighted by atomic mass is 10.1. The third kappa shape index (κ3) is 2.53. The van der Waals surface area contributed by atoms with Crippen LogP contribution in [0.15, 0.2) is 15.8 Å². The van der Waals surface area contributed by atoms with Crippen LogP contribution in [0.4, 0.5) is 0 Å². The second kappa shape index (κ2) is 5.62. The van der Waals surface area contributed by atoms with Crippen molar-refractivity contribution in [2.75, 3.05) is 6.61 Å². The van der Waals surface area contributed by atoms with E-state index >= 15 is 0 Å². The van der Waals surface area contributed by atoms with Crippen molar-refractivity contribution in [2.45, 2.75) is 51.1 Å². The van der Waals surface area contributed by atoms with E-state index in [4.69, 9.17) is 14.2 Å². The summed E-state index contributed by atoms with van der Waals surface area (Å²) in [5.74, 6) is -1.35. The number of ether oxygens (including phenoxy) is 3. The van der Waals surface area contributed by atoms with Gasteiger partial charge in [-0.05, 0) is 20.8 Å². The van der Waals surface area contributed by atoms with Gasteiger partial charge in [0.2, 0.25) is 0 Å². The summed E-state index contributed by atoms with van der Waals surface area (Å²) in [6.07, 6.45) is -1.60. The average molecular weight is 340 g/mol. The van der Waals surface area contributed by atoms with Crippen molar-refractivity contribution in [2.24, 2.45) is 7.05 Å². The monoisotopic (exact) mass is 340 g/mol. The number of carbonyl (C=O) groups excluding carboxylic acids is 1. The van der Waals surface area contributed by atoms with Gasteiger partial charge in [0.25, 0.3) is 5.56 Å². The highest BCUT2D eigenvalue weighted by molar-refractivity contribution is 5.93. The van der Waals surface area contributed by atoms with Crippen molar-refractivity contribution >= 4 is 5.78 Å². The fourth-order valence-corrected chi connectivity index (χ4v) is 3.14. The molecule has 2 aliphatic heterocycles. The zero-order valence-corrected chi connectivity index (χ0v) is 13.9. The fraction of sp³-hybridized carbons (Fsp3) is 0.667. The number of fused-ring (bicyclic) bond motifs is 1. The van der Waals surface area contributed by atoms with Gasteiger partial charge >= 0.3 is 5.69 Å². The van der Waals surface area contributed by atoms with Crippen LogP contribution < -0.4 is 11.2 Å². The summed E-state index contributed by atoms with van der Waals surface area (Å²) < 4.78 is 19.3. The molecule has 2 aliphatic rings. The molecule has 0 unspecified atom stereocenters. The minimum Gasteiger partial charge on any atom is -0.394 e.